The van der Waals surface area contributed by atoms with Gasteiger partial charge in [-0.15, -0.1) is 0 Å². The molecule has 0 saturated heterocycles. The Labute approximate surface area is 171 Å². The van der Waals surface area contributed by atoms with Gasteiger partial charge in [-0.05, 0) is 54.8 Å². The molecular formula is C21H39N3O3Si. The lowest BCUT2D eigenvalue weighted by Gasteiger charge is -2.41. The van der Waals surface area contributed by atoms with Gasteiger partial charge in [0.05, 0.1) is 0 Å². The normalized spacial score (nSPS) is 26.4. The van der Waals surface area contributed by atoms with Crippen molar-refractivity contribution < 1.29 is 14.0 Å². The van der Waals surface area contributed by atoms with Gasteiger partial charge in [0, 0.05) is 30.4 Å². The van der Waals surface area contributed by atoms with Crippen LogP contribution in [-0.2, 0) is 14.0 Å². The molecule has 7 heteroatoms. The highest BCUT2D eigenvalue weighted by Gasteiger charge is 2.40. The van der Waals surface area contributed by atoms with Crippen molar-refractivity contribution in [3.63, 3.8) is 0 Å². The molecular weight excluding hydrogens is 370 g/mol. The van der Waals surface area contributed by atoms with Crippen molar-refractivity contribution in [2.75, 3.05) is 6.54 Å². The topological polar surface area (TPSA) is 84.3 Å². The second kappa shape index (κ2) is 11.0. The Hall–Kier alpha value is -1.30. The molecule has 0 bridgehead atoms. The first-order valence-electron chi connectivity index (χ1n) is 10.5. The number of nitrogens with zero attached hydrogens (tertiary/aromatic N) is 3. The number of carbonyl (C=O) groups excluding carboxylic acids is 1. The summed E-state index contributed by atoms with van der Waals surface area (Å²) in [5, 5.41) is 3.80. The first kappa shape index (κ1) is 24.7. The summed E-state index contributed by atoms with van der Waals surface area (Å²) in [5.74, 6) is 0.227. The van der Waals surface area contributed by atoms with Crippen LogP contribution in [0.25, 0.3) is 10.4 Å². The molecule has 0 unspecified atom stereocenters. The molecule has 0 N–H and O–H groups in total. The lowest BCUT2D eigenvalue weighted by Crippen LogP contribution is -2.45. The molecule has 0 amide bonds. The van der Waals surface area contributed by atoms with E-state index in [4.69, 9.17) is 14.7 Å². The largest absolute Gasteiger partial charge is 0.462 e. The predicted octanol–water partition coefficient (Wildman–Crippen LogP) is 6.39. The second-order valence-corrected chi connectivity index (χ2v) is 14.4. The SMILES string of the molecule is C[C@H]1CC=CC[C@H]([C@@H](C)CN=[N+]=[N-])OC(=O)CCC[C@@H]1O[Si](C)(C)C(C)(C)C. The van der Waals surface area contributed by atoms with Gasteiger partial charge in [-0.25, -0.2) is 0 Å². The highest BCUT2D eigenvalue weighted by Crippen LogP contribution is 2.39. The summed E-state index contributed by atoms with van der Waals surface area (Å²) in [6.07, 6.45) is 7.82. The third-order valence-electron chi connectivity index (χ3n) is 6.15. The zero-order valence-electron chi connectivity index (χ0n) is 18.8. The fraction of sp³-hybridized carbons (Fsp3) is 0.857. The van der Waals surface area contributed by atoms with Crippen LogP contribution in [0.1, 0.15) is 66.7 Å². The Bertz CT molecular complexity index is 580. The van der Waals surface area contributed by atoms with Crippen molar-refractivity contribution in [2.24, 2.45) is 17.0 Å². The Morgan fingerprint density at radius 2 is 2.00 bits per heavy atom. The van der Waals surface area contributed by atoms with Crippen molar-refractivity contribution in [1.29, 1.82) is 0 Å². The fourth-order valence-electron chi connectivity index (χ4n) is 3.06. The van der Waals surface area contributed by atoms with Crippen LogP contribution in [0.4, 0.5) is 0 Å². The molecule has 1 aliphatic rings. The van der Waals surface area contributed by atoms with Crippen LogP contribution in [0, 0.1) is 11.8 Å². The van der Waals surface area contributed by atoms with Crippen molar-refractivity contribution in [3.8, 4) is 0 Å². The zero-order valence-corrected chi connectivity index (χ0v) is 19.8. The van der Waals surface area contributed by atoms with E-state index in [0.29, 0.717) is 25.3 Å². The average molecular weight is 410 g/mol. The van der Waals surface area contributed by atoms with E-state index in [0.717, 1.165) is 19.3 Å². The number of carbonyl (C=O) groups is 1. The Morgan fingerprint density at radius 1 is 1.36 bits per heavy atom. The standard InChI is InChI=1S/C21H39N3O3Si/c1-16-11-8-9-12-18(17(2)15-23-24-22)26-20(25)14-10-13-19(16)27-28(6,7)21(3,4)5/h8-9,16-19H,10-15H2,1-7H3/t16-,17-,18+,19-/m0/s1. The van der Waals surface area contributed by atoms with Gasteiger partial charge in [-0.3, -0.25) is 4.79 Å². The maximum atomic E-state index is 12.3. The van der Waals surface area contributed by atoms with Gasteiger partial charge in [0.1, 0.15) is 6.10 Å². The van der Waals surface area contributed by atoms with E-state index in [1.165, 1.54) is 0 Å². The van der Waals surface area contributed by atoms with Crippen LogP contribution in [0.15, 0.2) is 17.3 Å². The van der Waals surface area contributed by atoms with E-state index < -0.39 is 8.32 Å². The molecule has 160 valence electrons. The van der Waals surface area contributed by atoms with Gasteiger partial charge in [0.2, 0.25) is 0 Å². The maximum absolute atomic E-state index is 12.3. The Balaban J connectivity index is 2.87. The van der Waals surface area contributed by atoms with Crippen LogP contribution in [-0.4, -0.2) is 33.0 Å². The highest BCUT2D eigenvalue weighted by molar-refractivity contribution is 6.74. The molecule has 0 aromatic rings. The van der Waals surface area contributed by atoms with Gasteiger partial charge in [-0.1, -0.05) is 51.9 Å². The summed E-state index contributed by atoms with van der Waals surface area (Å²) < 4.78 is 12.4. The van der Waals surface area contributed by atoms with Crippen LogP contribution < -0.4 is 0 Å². The number of hydrogen-bond acceptors (Lipinski definition) is 4. The molecule has 1 rings (SSSR count). The van der Waals surface area contributed by atoms with Gasteiger partial charge >= 0.3 is 5.97 Å². The van der Waals surface area contributed by atoms with E-state index in [1.54, 1.807) is 0 Å². The molecule has 0 aromatic carbocycles. The Morgan fingerprint density at radius 3 is 2.61 bits per heavy atom. The summed E-state index contributed by atoms with van der Waals surface area (Å²) in [6.45, 7) is 15.9. The van der Waals surface area contributed by atoms with Crippen LogP contribution in [0.5, 0.6) is 0 Å². The second-order valence-electron chi connectivity index (χ2n) is 9.65. The monoisotopic (exact) mass is 409 g/mol. The van der Waals surface area contributed by atoms with Gasteiger partial charge in [0.15, 0.2) is 8.32 Å². The molecule has 0 radical (unpaired) electrons. The quantitative estimate of drug-likeness (QED) is 0.132. The van der Waals surface area contributed by atoms with Crippen LogP contribution in [0.3, 0.4) is 0 Å². The van der Waals surface area contributed by atoms with Crippen LogP contribution >= 0.6 is 0 Å². The molecule has 0 fully saturated rings. The number of esters is 1. The van der Waals surface area contributed by atoms with E-state index >= 15 is 0 Å². The molecule has 0 saturated carbocycles. The molecule has 6 nitrogen and oxygen atoms in total. The first-order valence-corrected chi connectivity index (χ1v) is 13.4. The minimum Gasteiger partial charge on any atom is -0.462 e. The first-order chi connectivity index (χ1) is 13.0. The van der Waals surface area contributed by atoms with E-state index in [1.807, 2.05) is 6.92 Å². The molecule has 0 spiro atoms. The number of rotatable bonds is 5. The summed E-state index contributed by atoms with van der Waals surface area (Å²) in [4.78, 5) is 15.2. The summed E-state index contributed by atoms with van der Waals surface area (Å²) in [5.41, 5.74) is 8.53. The summed E-state index contributed by atoms with van der Waals surface area (Å²) in [7, 11) is -1.86. The molecule has 0 aromatic heterocycles. The van der Waals surface area contributed by atoms with Crippen molar-refractivity contribution in [3.05, 3.63) is 22.6 Å². The van der Waals surface area contributed by atoms with Crippen molar-refractivity contribution >= 4 is 14.3 Å². The molecule has 1 aliphatic heterocycles. The number of azide groups is 1. The molecule has 4 atom stereocenters. The van der Waals surface area contributed by atoms with E-state index in [9.17, 15) is 4.79 Å². The zero-order chi connectivity index (χ0) is 21.4. The fourth-order valence-corrected chi connectivity index (χ4v) is 4.52. The maximum Gasteiger partial charge on any atom is 0.306 e. The van der Waals surface area contributed by atoms with Crippen molar-refractivity contribution in [2.45, 2.75) is 97.1 Å². The smallest absolute Gasteiger partial charge is 0.306 e. The molecule has 1 heterocycles. The van der Waals surface area contributed by atoms with Gasteiger partial charge < -0.3 is 9.16 Å². The average Bonchev–Trinajstić information content (AvgIpc) is 2.59. The lowest BCUT2D eigenvalue weighted by molar-refractivity contribution is -0.151. The lowest BCUT2D eigenvalue weighted by atomic mass is 9.95. The Kier molecular flexibility index (Phi) is 9.74. The number of hydrogen-bond donors (Lipinski definition) is 0. The number of allylic oxidation sites excluding steroid dienone is 1. The highest BCUT2D eigenvalue weighted by atomic mass is 28.4. The molecule has 0 aliphatic carbocycles. The number of ether oxygens (including phenoxy) is 1. The minimum atomic E-state index is -1.86. The van der Waals surface area contributed by atoms with Crippen molar-refractivity contribution in [1.82, 2.24) is 0 Å². The van der Waals surface area contributed by atoms with E-state index in [-0.39, 0.29) is 29.1 Å². The van der Waals surface area contributed by atoms with Gasteiger partial charge in [-0.2, -0.15) is 0 Å². The van der Waals surface area contributed by atoms with Crippen LogP contribution in [0.2, 0.25) is 18.1 Å². The molecule has 28 heavy (non-hydrogen) atoms. The van der Waals surface area contributed by atoms with E-state index in [2.05, 4.69) is 63.0 Å². The third-order valence-corrected chi connectivity index (χ3v) is 10.7. The summed E-state index contributed by atoms with van der Waals surface area (Å²) >= 11 is 0. The van der Waals surface area contributed by atoms with Gasteiger partial charge in [0.25, 0.3) is 0 Å². The minimum absolute atomic E-state index is 0.000435. The number of cyclic esters (lactones) is 1. The summed E-state index contributed by atoms with van der Waals surface area (Å²) in [6, 6.07) is 0. The predicted molar refractivity (Wildman–Crippen MR) is 117 cm³/mol. The third kappa shape index (κ3) is 7.98.